The third kappa shape index (κ3) is 2.48. The summed E-state index contributed by atoms with van der Waals surface area (Å²) in [5, 5.41) is 8.94. The number of carboxylic acids is 1. The fourth-order valence-electron chi connectivity index (χ4n) is 1.04. The van der Waals surface area contributed by atoms with Crippen molar-refractivity contribution in [1.29, 1.82) is 0 Å². The molecule has 0 unspecified atom stereocenters. The standard InChI is InChI=1S/C10H11BrO3/c1-2-6-14-8-5-3-4-7(11)9(8)10(12)13/h3-5H,2,6H2,1H3,(H,12,13). The van der Waals surface area contributed by atoms with Crippen LogP contribution in [0.15, 0.2) is 22.7 Å². The van der Waals surface area contributed by atoms with E-state index in [0.29, 0.717) is 16.8 Å². The number of carboxylic acid groups (broad SMARTS) is 1. The summed E-state index contributed by atoms with van der Waals surface area (Å²) in [4.78, 5) is 10.9. The Morgan fingerprint density at radius 1 is 1.57 bits per heavy atom. The van der Waals surface area contributed by atoms with E-state index in [2.05, 4.69) is 15.9 Å². The lowest BCUT2D eigenvalue weighted by Gasteiger charge is -2.08. The summed E-state index contributed by atoms with van der Waals surface area (Å²) in [6, 6.07) is 5.09. The van der Waals surface area contributed by atoms with Crippen LogP contribution in [0.25, 0.3) is 0 Å². The molecule has 0 saturated heterocycles. The minimum absolute atomic E-state index is 0.181. The van der Waals surface area contributed by atoms with Gasteiger partial charge in [-0.25, -0.2) is 4.79 Å². The molecule has 0 saturated carbocycles. The minimum atomic E-state index is -0.983. The molecule has 0 radical (unpaired) electrons. The first kappa shape index (κ1) is 11.0. The van der Waals surface area contributed by atoms with Crippen LogP contribution >= 0.6 is 15.9 Å². The normalized spacial score (nSPS) is 9.86. The van der Waals surface area contributed by atoms with Crippen molar-refractivity contribution in [2.45, 2.75) is 13.3 Å². The number of halogens is 1. The number of rotatable bonds is 4. The molecule has 0 aromatic heterocycles. The SMILES string of the molecule is CCCOc1cccc(Br)c1C(=O)O. The zero-order valence-corrected chi connectivity index (χ0v) is 9.37. The Bertz CT molecular complexity index is 336. The largest absolute Gasteiger partial charge is 0.493 e. The van der Waals surface area contributed by atoms with E-state index in [9.17, 15) is 4.79 Å². The van der Waals surface area contributed by atoms with Gasteiger partial charge in [-0.05, 0) is 34.5 Å². The first-order valence-electron chi connectivity index (χ1n) is 4.31. The van der Waals surface area contributed by atoms with Gasteiger partial charge >= 0.3 is 5.97 Å². The predicted molar refractivity (Wildman–Crippen MR) is 56.9 cm³/mol. The van der Waals surface area contributed by atoms with Gasteiger partial charge in [0.1, 0.15) is 11.3 Å². The maximum absolute atomic E-state index is 10.9. The number of hydrogen-bond donors (Lipinski definition) is 1. The highest BCUT2D eigenvalue weighted by Crippen LogP contribution is 2.26. The van der Waals surface area contributed by atoms with Crippen LogP contribution in [0.1, 0.15) is 23.7 Å². The average molecular weight is 259 g/mol. The van der Waals surface area contributed by atoms with Gasteiger partial charge in [0, 0.05) is 4.47 Å². The van der Waals surface area contributed by atoms with Crippen LogP contribution in [-0.4, -0.2) is 17.7 Å². The van der Waals surface area contributed by atoms with Crippen molar-refractivity contribution in [3.63, 3.8) is 0 Å². The summed E-state index contributed by atoms with van der Waals surface area (Å²) < 4.78 is 5.86. The van der Waals surface area contributed by atoms with Gasteiger partial charge in [-0.15, -0.1) is 0 Å². The van der Waals surface area contributed by atoms with Crippen LogP contribution < -0.4 is 4.74 Å². The van der Waals surface area contributed by atoms with Crippen molar-refractivity contribution in [3.8, 4) is 5.75 Å². The Morgan fingerprint density at radius 3 is 2.86 bits per heavy atom. The molecule has 1 aromatic rings. The van der Waals surface area contributed by atoms with Gasteiger partial charge in [-0.3, -0.25) is 0 Å². The summed E-state index contributed by atoms with van der Waals surface area (Å²) in [6.45, 7) is 2.50. The summed E-state index contributed by atoms with van der Waals surface area (Å²) in [7, 11) is 0. The Morgan fingerprint density at radius 2 is 2.29 bits per heavy atom. The second kappa shape index (κ2) is 5.00. The first-order chi connectivity index (χ1) is 6.66. The number of ether oxygens (including phenoxy) is 1. The highest BCUT2D eigenvalue weighted by Gasteiger charge is 2.14. The zero-order chi connectivity index (χ0) is 10.6. The molecule has 0 aliphatic rings. The molecular weight excluding hydrogens is 248 g/mol. The van der Waals surface area contributed by atoms with E-state index in [1.54, 1.807) is 18.2 Å². The van der Waals surface area contributed by atoms with E-state index in [4.69, 9.17) is 9.84 Å². The smallest absolute Gasteiger partial charge is 0.340 e. The molecule has 0 aliphatic heterocycles. The third-order valence-electron chi connectivity index (χ3n) is 1.65. The van der Waals surface area contributed by atoms with E-state index >= 15 is 0 Å². The lowest BCUT2D eigenvalue weighted by molar-refractivity contribution is 0.0691. The van der Waals surface area contributed by atoms with E-state index in [1.807, 2.05) is 6.92 Å². The fraction of sp³-hybridized carbons (Fsp3) is 0.300. The number of benzene rings is 1. The molecule has 4 heteroatoms. The topological polar surface area (TPSA) is 46.5 Å². The summed E-state index contributed by atoms with van der Waals surface area (Å²) in [6.07, 6.45) is 0.853. The van der Waals surface area contributed by atoms with Gasteiger partial charge < -0.3 is 9.84 Å². The predicted octanol–water partition coefficient (Wildman–Crippen LogP) is 2.94. The Balaban J connectivity index is 3.02. The van der Waals surface area contributed by atoms with E-state index < -0.39 is 5.97 Å². The summed E-state index contributed by atoms with van der Waals surface area (Å²) >= 11 is 3.18. The monoisotopic (exact) mass is 258 g/mol. The maximum atomic E-state index is 10.9. The molecule has 0 atom stereocenters. The highest BCUT2D eigenvalue weighted by atomic mass is 79.9. The fourth-order valence-corrected chi connectivity index (χ4v) is 1.56. The Kier molecular flexibility index (Phi) is 3.95. The second-order valence-electron chi connectivity index (χ2n) is 2.77. The maximum Gasteiger partial charge on any atom is 0.340 e. The molecule has 3 nitrogen and oxygen atoms in total. The van der Waals surface area contributed by atoms with Crippen LogP contribution in [0.5, 0.6) is 5.75 Å². The molecule has 0 spiro atoms. The highest BCUT2D eigenvalue weighted by molar-refractivity contribution is 9.10. The molecule has 14 heavy (non-hydrogen) atoms. The number of aromatic carboxylic acids is 1. The van der Waals surface area contributed by atoms with Gasteiger partial charge in [0.05, 0.1) is 6.61 Å². The molecular formula is C10H11BrO3. The molecule has 0 amide bonds. The molecule has 0 fully saturated rings. The molecule has 76 valence electrons. The lowest BCUT2D eigenvalue weighted by atomic mass is 10.2. The number of hydrogen-bond acceptors (Lipinski definition) is 2. The van der Waals surface area contributed by atoms with Gasteiger partial charge in [0.15, 0.2) is 0 Å². The van der Waals surface area contributed by atoms with Crippen LogP contribution in [0, 0.1) is 0 Å². The van der Waals surface area contributed by atoms with Crippen molar-refractivity contribution in [2.75, 3.05) is 6.61 Å². The van der Waals surface area contributed by atoms with Gasteiger partial charge in [0.25, 0.3) is 0 Å². The number of carbonyl (C=O) groups is 1. The van der Waals surface area contributed by atoms with Crippen LogP contribution in [-0.2, 0) is 0 Å². The first-order valence-corrected chi connectivity index (χ1v) is 5.10. The van der Waals surface area contributed by atoms with Crippen molar-refractivity contribution >= 4 is 21.9 Å². The summed E-state index contributed by atoms with van der Waals surface area (Å²) in [5.74, 6) is -0.572. The van der Waals surface area contributed by atoms with E-state index in [1.165, 1.54) is 0 Å². The molecule has 0 aliphatic carbocycles. The molecule has 1 N–H and O–H groups in total. The van der Waals surface area contributed by atoms with Crippen LogP contribution in [0.2, 0.25) is 0 Å². The van der Waals surface area contributed by atoms with Gasteiger partial charge in [-0.1, -0.05) is 13.0 Å². The lowest BCUT2D eigenvalue weighted by Crippen LogP contribution is -2.04. The molecule has 0 bridgehead atoms. The molecule has 1 aromatic carbocycles. The van der Waals surface area contributed by atoms with Gasteiger partial charge in [0.2, 0.25) is 0 Å². The minimum Gasteiger partial charge on any atom is -0.493 e. The van der Waals surface area contributed by atoms with Crippen LogP contribution in [0.4, 0.5) is 0 Å². The summed E-state index contributed by atoms with van der Waals surface area (Å²) in [5.41, 5.74) is 0.181. The third-order valence-corrected chi connectivity index (χ3v) is 2.31. The van der Waals surface area contributed by atoms with E-state index in [-0.39, 0.29) is 5.56 Å². The van der Waals surface area contributed by atoms with Crippen molar-refractivity contribution in [3.05, 3.63) is 28.2 Å². The molecule has 0 heterocycles. The Labute approximate surface area is 90.8 Å². The second-order valence-corrected chi connectivity index (χ2v) is 3.62. The van der Waals surface area contributed by atoms with Crippen molar-refractivity contribution in [1.82, 2.24) is 0 Å². The Hall–Kier alpha value is -1.03. The zero-order valence-electron chi connectivity index (χ0n) is 7.79. The average Bonchev–Trinajstić information content (AvgIpc) is 2.14. The van der Waals surface area contributed by atoms with Gasteiger partial charge in [-0.2, -0.15) is 0 Å². The van der Waals surface area contributed by atoms with Crippen molar-refractivity contribution < 1.29 is 14.6 Å². The van der Waals surface area contributed by atoms with Crippen LogP contribution in [0.3, 0.4) is 0 Å². The quantitative estimate of drug-likeness (QED) is 0.904. The van der Waals surface area contributed by atoms with E-state index in [0.717, 1.165) is 6.42 Å². The molecule has 1 rings (SSSR count). The van der Waals surface area contributed by atoms with Crippen molar-refractivity contribution in [2.24, 2.45) is 0 Å².